The van der Waals surface area contributed by atoms with E-state index in [2.05, 4.69) is 33.3 Å². The van der Waals surface area contributed by atoms with Crippen LogP contribution >= 0.6 is 11.6 Å². The third-order valence-corrected chi connectivity index (χ3v) is 6.97. The normalized spacial score (nSPS) is 15.5. The zero-order valence-electron chi connectivity index (χ0n) is 20.2. The summed E-state index contributed by atoms with van der Waals surface area (Å²) in [6.45, 7) is 1.81. The maximum absolute atomic E-state index is 14.1. The molecule has 2 aliphatic rings. The Morgan fingerprint density at radius 1 is 1.30 bits per heavy atom. The molecule has 1 aliphatic heterocycles. The fourth-order valence-corrected chi connectivity index (χ4v) is 4.99. The van der Waals surface area contributed by atoms with Crippen molar-refractivity contribution in [1.29, 1.82) is 0 Å². The van der Waals surface area contributed by atoms with Crippen LogP contribution in [0.4, 0.5) is 16.0 Å². The van der Waals surface area contributed by atoms with Gasteiger partial charge in [0.05, 0.1) is 24.2 Å². The third-order valence-electron chi connectivity index (χ3n) is 6.70. The van der Waals surface area contributed by atoms with Crippen LogP contribution in [-0.4, -0.2) is 50.2 Å². The van der Waals surface area contributed by atoms with E-state index in [-0.39, 0.29) is 17.5 Å². The smallest absolute Gasteiger partial charge is 0.307 e. The van der Waals surface area contributed by atoms with Crippen LogP contribution in [0.2, 0.25) is 5.02 Å². The number of likely N-dealkylation sites (N-methyl/N-ethyl adjacent to an activating group) is 1. The summed E-state index contributed by atoms with van der Waals surface area (Å²) >= 11 is 6.48. The van der Waals surface area contributed by atoms with Crippen LogP contribution in [0.3, 0.4) is 0 Å². The molecule has 0 amide bonds. The number of carboxylic acids is 1. The van der Waals surface area contributed by atoms with Crippen molar-refractivity contribution in [2.24, 2.45) is 0 Å². The van der Waals surface area contributed by atoms with E-state index >= 15 is 0 Å². The summed E-state index contributed by atoms with van der Waals surface area (Å²) in [5.41, 5.74) is 4.26. The molecule has 1 fully saturated rings. The standard InChI is InChI=1S/C27H25ClFN5O3/c1-33-7-6-21-15(13-33)8-18(11-24(21)37-19-3-4-19)31-27-30-12-22(28)26(32-27)34-14-16(9-25(35)36)20-5-2-17(29)10-23(20)34/h2,5,8,10-12,14,19H,3-4,6-7,9,13H2,1H3,(H,35,36)(H,30,31,32). The van der Waals surface area contributed by atoms with Crippen LogP contribution in [0.1, 0.15) is 29.5 Å². The molecule has 0 spiro atoms. The molecule has 2 aromatic carbocycles. The zero-order chi connectivity index (χ0) is 25.7. The van der Waals surface area contributed by atoms with Crippen molar-refractivity contribution in [3.05, 3.63) is 70.3 Å². The van der Waals surface area contributed by atoms with Crippen molar-refractivity contribution in [3.8, 4) is 11.6 Å². The molecule has 3 heterocycles. The van der Waals surface area contributed by atoms with Gasteiger partial charge >= 0.3 is 5.97 Å². The highest BCUT2D eigenvalue weighted by Crippen LogP contribution is 2.37. The second-order valence-electron chi connectivity index (χ2n) is 9.66. The quantitative estimate of drug-likeness (QED) is 0.349. The van der Waals surface area contributed by atoms with Crippen LogP contribution in [0.15, 0.2) is 42.7 Å². The number of nitrogens with zero attached hydrogens (tertiary/aromatic N) is 4. The lowest BCUT2D eigenvalue weighted by atomic mass is 9.98. The van der Waals surface area contributed by atoms with E-state index in [1.165, 1.54) is 29.5 Å². The number of rotatable bonds is 7. The van der Waals surface area contributed by atoms with Gasteiger partial charge in [-0.3, -0.25) is 9.36 Å². The molecule has 10 heteroatoms. The van der Waals surface area contributed by atoms with Crippen LogP contribution in [0.25, 0.3) is 16.7 Å². The molecule has 190 valence electrons. The summed E-state index contributed by atoms with van der Waals surface area (Å²) in [4.78, 5) is 22.7. The Morgan fingerprint density at radius 2 is 2.14 bits per heavy atom. The molecule has 2 aromatic heterocycles. The monoisotopic (exact) mass is 521 g/mol. The molecule has 0 saturated heterocycles. The molecule has 8 nitrogen and oxygen atoms in total. The Kier molecular flexibility index (Phi) is 5.97. The van der Waals surface area contributed by atoms with Crippen molar-refractivity contribution in [2.75, 3.05) is 18.9 Å². The van der Waals surface area contributed by atoms with Crippen molar-refractivity contribution < 1.29 is 19.0 Å². The van der Waals surface area contributed by atoms with E-state index in [4.69, 9.17) is 16.3 Å². The summed E-state index contributed by atoms with van der Waals surface area (Å²) in [5.74, 6) is 0.0914. The Balaban J connectivity index is 1.39. The van der Waals surface area contributed by atoms with Gasteiger partial charge in [-0.2, -0.15) is 4.98 Å². The maximum atomic E-state index is 14.1. The van der Waals surface area contributed by atoms with Gasteiger partial charge in [0, 0.05) is 42.0 Å². The number of hydrogen-bond donors (Lipinski definition) is 2. The minimum absolute atomic E-state index is 0.212. The number of ether oxygens (including phenoxy) is 1. The SMILES string of the molecule is CN1CCc2c(cc(Nc3ncc(Cl)c(-n4cc(CC(=O)O)c5ccc(F)cc54)n3)cc2OC2CC2)C1. The third kappa shape index (κ3) is 4.84. The predicted octanol–water partition coefficient (Wildman–Crippen LogP) is 5.11. The Hall–Kier alpha value is -3.69. The van der Waals surface area contributed by atoms with Gasteiger partial charge in [0.2, 0.25) is 5.95 Å². The molecular weight excluding hydrogens is 497 g/mol. The molecule has 0 bridgehead atoms. The summed E-state index contributed by atoms with van der Waals surface area (Å²) < 4.78 is 22.0. The van der Waals surface area contributed by atoms with Crippen LogP contribution in [0, 0.1) is 5.82 Å². The number of nitrogens with one attached hydrogen (secondary N) is 1. The molecule has 0 unspecified atom stereocenters. The van der Waals surface area contributed by atoms with Crippen LogP contribution < -0.4 is 10.1 Å². The minimum Gasteiger partial charge on any atom is -0.490 e. The number of carbonyl (C=O) groups is 1. The minimum atomic E-state index is -0.984. The molecule has 1 aliphatic carbocycles. The topological polar surface area (TPSA) is 92.5 Å². The second-order valence-corrected chi connectivity index (χ2v) is 10.1. The fraction of sp³-hybridized carbons (Fsp3) is 0.296. The second kappa shape index (κ2) is 9.32. The highest BCUT2D eigenvalue weighted by atomic mass is 35.5. The number of benzene rings is 2. The number of hydrogen-bond acceptors (Lipinski definition) is 6. The van der Waals surface area contributed by atoms with Gasteiger partial charge in [0.25, 0.3) is 0 Å². The highest BCUT2D eigenvalue weighted by Gasteiger charge is 2.27. The molecule has 2 N–H and O–H groups in total. The molecule has 0 radical (unpaired) electrons. The Morgan fingerprint density at radius 3 is 2.92 bits per heavy atom. The van der Waals surface area contributed by atoms with Gasteiger partial charge in [-0.1, -0.05) is 11.6 Å². The maximum Gasteiger partial charge on any atom is 0.307 e. The van der Waals surface area contributed by atoms with E-state index < -0.39 is 11.8 Å². The summed E-state index contributed by atoms with van der Waals surface area (Å²) in [5, 5.41) is 13.5. The number of halogens is 2. The van der Waals surface area contributed by atoms with E-state index in [9.17, 15) is 14.3 Å². The first kappa shape index (κ1) is 23.7. The number of aromatic nitrogens is 3. The van der Waals surface area contributed by atoms with Gasteiger partial charge in [-0.15, -0.1) is 0 Å². The molecule has 1 saturated carbocycles. The van der Waals surface area contributed by atoms with Crippen molar-refractivity contribution in [3.63, 3.8) is 0 Å². The van der Waals surface area contributed by atoms with Crippen LogP contribution in [0.5, 0.6) is 5.75 Å². The largest absolute Gasteiger partial charge is 0.490 e. The lowest BCUT2D eigenvalue weighted by Gasteiger charge is -2.27. The molecule has 6 rings (SSSR count). The lowest BCUT2D eigenvalue weighted by Crippen LogP contribution is -2.27. The Labute approximate surface area is 217 Å². The van der Waals surface area contributed by atoms with Crippen LogP contribution in [-0.2, 0) is 24.2 Å². The van der Waals surface area contributed by atoms with Crippen molar-refractivity contribution >= 4 is 40.1 Å². The Bertz CT molecular complexity index is 1530. The van der Waals surface area contributed by atoms with E-state index in [1.807, 2.05) is 6.07 Å². The fourth-order valence-electron chi connectivity index (χ4n) is 4.81. The van der Waals surface area contributed by atoms with E-state index in [1.54, 1.807) is 16.8 Å². The molecule has 0 atom stereocenters. The van der Waals surface area contributed by atoms with Gasteiger partial charge < -0.3 is 20.1 Å². The zero-order valence-corrected chi connectivity index (χ0v) is 20.9. The van der Waals surface area contributed by atoms with Gasteiger partial charge in [-0.25, -0.2) is 9.37 Å². The lowest BCUT2D eigenvalue weighted by molar-refractivity contribution is -0.136. The number of fused-ring (bicyclic) bond motifs is 2. The summed E-state index contributed by atoms with van der Waals surface area (Å²) in [7, 11) is 2.10. The highest BCUT2D eigenvalue weighted by molar-refractivity contribution is 6.32. The number of anilines is 2. The summed E-state index contributed by atoms with van der Waals surface area (Å²) in [6, 6.07) is 8.30. The molecule has 37 heavy (non-hydrogen) atoms. The van der Waals surface area contributed by atoms with Gasteiger partial charge in [0.1, 0.15) is 16.6 Å². The van der Waals surface area contributed by atoms with Crippen molar-refractivity contribution in [2.45, 2.75) is 38.3 Å². The first-order valence-corrected chi connectivity index (χ1v) is 12.5. The van der Waals surface area contributed by atoms with Gasteiger partial charge in [0.15, 0.2) is 5.82 Å². The average molecular weight is 522 g/mol. The average Bonchev–Trinajstić information content (AvgIpc) is 3.60. The summed E-state index contributed by atoms with van der Waals surface area (Å²) in [6.07, 6.45) is 6.26. The predicted molar refractivity (Wildman–Crippen MR) is 139 cm³/mol. The number of aliphatic carboxylic acids is 1. The van der Waals surface area contributed by atoms with Crippen molar-refractivity contribution in [1.82, 2.24) is 19.4 Å². The van der Waals surface area contributed by atoms with Gasteiger partial charge in [-0.05, 0) is 61.7 Å². The van der Waals surface area contributed by atoms with E-state index in [0.717, 1.165) is 43.8 Å². The van der Waals surface area contributed by atoms with E-state index in [0.29, 0.717) is 28.2 Å². The number of carboxylic acid groups (broad SMARTS) is 1. The molecule has 4 aromatic rings. The molecular formula is C27H25ClFN5O3. The first-order valence-electron chi connectivity index (χ1n) is 12.2. The first-order chi connectivity index (χ1) is 17.8.